The summed E-state index contributed by atoms with van der Waals surface area (Å²) in [7, 11) is 0. The maximum atomic E-state index is 6.24. The van der Waals surface area contributed by atoms with Gasteiger partial charge in [-0.15, -0.1) is 0 Å². The molecule has 0 aliphatic rings. The van der Waals surface area contributed by atoms with Gasteiger partial charge in [0.1, 0.15) is 0 Å². The molecule has 1 aromatic heterocycles. The summed E-state index contributed by atoms with van der Waals surface area (Å²) in [6, 6.07) is 10.2. The third-order valence-electron chi connectivity index (χ3n) is 3.24. The van der Waals surface area contributed by atoms with Crippen LogP contribution in [0.25, 0.3) is 0 Å². The first-order chi connectivity index (χ1) is 9.70. The maximum absolute atomic E-state index is 6.24. The third kappa shape index (κ3) is 4.20. The minimum absolute atomic E-state index is 0.305. The molecule has 2 aromatic rings. The molecular weight excluding hydrogens is 291 g/mol. The largest absolute Gasteiger partial charge is 0.314 e. The summed E-state index contributed by atoms with van der Waals surface area (Å²) in [5.41, 5.74) is 2.27. The molecular formula is C16H18Cl2N2. The van der Waals surface area contributed by atoms with E-state index in [2.05, 4.69) is 23.3 Å². The molecule has 2 rings (SSSR count). The summed E-state index contributed by atoms with van der Waals surface area (Å²) in [5, 5.41) is 5.03. The third-order valence-corrected chi connectivity index (χ3v) is 3.95. The number of benzene rings is 1. The lowest BCUT2D eigenvalue weighted by Crippen LogP contribution is -2.33. The first kappa shape index (κ1) is 15.3. The van der Waals surface area contributed by atoms with Crippen LogP contribution in [0, 0.1) is 0 Å². The van der Waals surface area contributed by atoms with Crippen molar-refractivity contribution < 1.29 is 0 Å². The molecule has 0 aliphatic carbocycles. The van der Waals surface area contributed by atoms with Crippen molar-refractivity contribution in [1.82, 2.24) is 10.3 Å². The van der Waals surface area contributed by atoms with Crippen molar-refractivity contribution in [1.29, 1.82) is 0 Å². The molecule has 0 saturated carbocycles. The summed E-state index contributed by atoms with van der Waals surface area (Å²) >= 11 is 12.4. The van der Waals surface area contributed by atoms with Crippen LogP contribution in [0.5, 0.6) is 0 Å². The highest BCUT2D eigenvalue weighted by Crippen LogP contribution is 2.20. The van der Waals surface area contributed by atoms with Crippen molar-refractivity contribution in [3.05, 3.63) is 63.9 Å². The van der Waals surface area contributed by atoms with Crippen LogP contribution in [0.3, 0.4) is 0 Å². The highest BCUT2D eigenvalue weighted by Gasteiger charge is 2.13. The van der Waals surface area contributed by atoms with E-state index in [1.165, 1.54) is 0 Å². The number of rotatable bonds is 6. The molecule has 2 nitrogen and oxygen atoms in total. The smallest absolute Gasteiger partial charge is 0.0621 e. The molecule has 0 bridgehead atoms. The minimum atomic E-state index is 0.305. The van der Waals surface area contributed by atoms with Crippen molar-refractivity contribution in [3.63, 3.8) is 0 Å². The van der Waals surface area contributed by atoms with Crippen LogP contribution in [-0.2, 0) is 12.8 Å². The number of nitrogens with one attached hydrogen (secondary N) is 1. The Hall–Kier alpha value is -1.09. The second kappa shape index (κ2) is 7.63. The number of likely N-dealkylation sites (N-methyl/N-ethyl adjacent to an activating group) is 1. The molecule has 106 valence electrons. The lowest BCUT2D eigenvalue weighted by atomic mass is 9.99. The van der Waals surface area contributed by atoms with E-state index in [4.69, 9.17) is 23.2 Å². The van der Waals surface area contributed by atoms with Gasteiger partial charge in [0.15, 0.2) is 0 Å². The van der Waals surface area contributed by atoms with Gasteiger partial charge in [-0.2, -0.15) is 0 Å². The highest BCUT2D eigenvalue weighted by atomic mass is 35.5. The van der Waals surface area contributed by atoms with Gasteiger partial charge in [0.05, 0.1) is 5.02 Å². The van der Waals surface area contributed by atoms with E-state index in [0.717, 1.165) is 40.6 Å². The van der Waals surface area contributed by atoms with E-state index in [0.29, 0.717) is 6.04 Å². The normalized spacial score (nSPS) is 12.3. The Morgan fingerprint density at radius 1 is 1.05 bits per heavy atom. The quantitative estimate of drug-likeness (QED) is 0.867. The van der Waals surface area contributed by atoms with Gasteiger partial charge in [-0.3, -0.25) is 4.98 Å². The van der Waals surface area contributed by atoms with Crippen LogP contribution in [0.2, 0.25) is 10.0 Å². The Labute approximate surface area is 130 Å². The molecule has 0 radical (unpaired) electrons. The summed E-state index contributed by atoms with van der Waals surface area (Å²) < 4.78 is 0. The van der Waals surface area contributed by atoms with E-state index < -0.39 is 0 Å². The fourth-order valence-electron chi connectivity index (χ4n) is 2.27. The van der Waals surface area contributed by atoms with Gasteiger partial charge in [-0.1, -0.05) is 48.3 Å². The zero-order valence-corrected chi connectivity index (χ0v) is 13.0. The molecule has 1 aromatic carbocycles. The van der Waals surface area contributed by atoms with E-state index in [1.54, 1.807) is 12.4 Å². The Morgan fingerprint density at radius 2 is 1.75 bits per heavy atom. The molecule has 0 spiro atoms. The molecule has 4 heteroatoms. The first-order valence-corrected chi connectivity index (χ1v) is 7.51. The monoisotopic (exact) mass is 308 g/mol. The Bertz CT molecular complexity index is 510. The van der Waals surface area contributed by atoms with Crippen molar-refractivity contribution in [2.45, 2.75) is 25.8 Å². The minimum Gasteiger partial charge on any atom is -0.314 e. The number of halogens is 2. The van der Waals surface area contributed by atoms with Gasteiger partial charge in [0.2, 0.25) is 0 Å². The van der Waals surface area contributed by atoms with Crippen LogP contribution in [0.15, 0.2) is 42.7 Å². The Kier molecular flexibility index (Phi) is 5.84. The van der Waals surface area contributed by atoms with Gasteiger partial charge >= 0.3 is 0 Å². The molecule has 0 saturated heterocycles. The molecule has 0 amide bonds. The lowest BCUT2D eigenvalue weighted by Gasteiger charge is -2.19. The average Bonchev–Trinajstić information content (AvgIpc) is 2.44. The van der Waals surface area contributed by atoms with Crippen molar-refractivity contribution >= 4 is 23.2 Å². The number of hydrogen-bond donors (Lipinski definition) is 1. The molecule has 1 unspecified atom stereocenters. The summed E-state index contributed by atoms with van der Waals surface area (Å²) in [6.45, 7) is 3.02. The Morgan fingerprint density at radius 3 is 2.40 bits per heavy atom. The van der Waals surface area contributed by atoms with Crippen molar-refractivity contribution in [2.24, 2.45) is 0 Å². The zero-order chi connectivity index (χ0) is 14.4. The van der Waals surface area contributed by atoms with E-state index in [9.17, 15) is 0 Å². The number of pyridine rings is 1. The fraction of sp³-hybridized carbons (Fsp3) is 0.312. The van der Waals surface area contributed by atoms with E-state index >= 15 is 0 Å². The maximum Gasteiger partial charge on any atom is 0.0621 e. The average molecular weight is 309 g/mol. The predicted molar refractivity (Wildman–Crippen MR) is 85.6 cm³/mol. The summed E-state index contributed by atoms with van der Waals surface area (Å²) in [6.07, 6.45) is 5.21. The van der Waals surface area contributed by atoms with Crippen LogP contribution in [0.4, 0.5) is 0 Å². The summed E-state index contributed by atoms with van der Waals surface area (Å²) in [5.74, 6) is 0. The Balaban J connectivity index is 2.12. The van der Waals surface area contributed by atoms with Crippen LogP contribution in [-0.4, -0.2) is 17.6 Å². The molecule has 1 N–H and O–H groups in total. The van der Waals surface area contributed by atoms with Gasteiger partial charge in [0.25, 0.3) is 0 Å². The predicted octanol–water partition coefficient (Wildman–Crippen LogP) is 4.15. The van der Waals surface area contributed by atoms with Gasteiger partial charge < -0.3 is 5.32 Å². The van der Waals surface area contributed by atoms with Gasteiger partial charge in [0, 0.05) is 23.5 Å². The van der Waals surface area contributed by atoms with Crippen LogP contribution in [0.1, 0.15) is 18.1 Å². The number of aromatic nitrogens is 1. The lowest BCUT2D eigenvalue weighted by molar-refractivity contribution is 0.521. The van der Waals surface area contributed by atoms with E-state index in [1.807, 2.05) is 24.3 Å². The van der Waals surface area contributed by atoms with Gasteiger partial charge in [-0.25, -0.2) is 0 Å². The zero-order valence-electron chi connectivity index (χ0n) is 11.4. The molecule has 0 aliphatic heterocycles. The second-order valence-electron chi connectivity index (χ2n) is 4.72. The highest BCUT2D eigenvalue weighted by molar-refractivity contribution is 6.31. The molecule has 1 atom stereocenters. The van der Waals surface area contributed by atoms with E-state index in [-0.39, 0.29) is 0 Å². The van der Waals surface area contributed by atoms with Crippen LogP contribution >= 0.6 is 23.2 Å². The number of nitrogens with zero attached hydrogens (tertiary/aromatic N) is 1. The molecule has 0 fully saturated rings. The SMILES string of the molecule is CCNC(Cc1ccccc1Cl)Cc1ccncc1Cl. The second-order valence-corrected chi connectivity index (χ2v) is 5.54. The molecule has 20 heavy (non-hydrogen) atoms. The fourth-order valence-corrected chi connectivity index (χ4v) is 2.68. The van der Waals surface area contributed by atoms with Gasteiger partial charge in [-0.05, 0) is 42.6 Å². The standard InChI is InChI=1S/C16H18Cl2N2/c1-2-20-14(9-12-5-3-4-6-15(12)17)10-13-7-8-19-11-16(13)18/h3-8,11,14,20H,2,9-10H2,1H3. The van der Waals surface area contributed by atoms with Crippen molar-refractivity contribution in [2.75, 3.05) is 6.54 Å². The topological polar surface area (TPSA) is 24.9 Å². The summed E-state index contributed by atoms with van der Waals surface area (Å²) in [4.78, 5) is 4.02. The van der Waals surface area contributed by atoms with Crippen molar-refractivity contribution in [3.8, 4) is 0 Å². The first-order valence-electron chi connectivity index (χ1n) is 6.76. The molecule has 1 heterocycles. The number of hydrogen-bond acceptors (Lipinski definition) is 2. The van der Waals surface area contributed by atoms with Crippen LogP contribution < -0.4 is 5.32 Å².